The highest BCUT2D eigenvalue weighted by Crippen LogP contribution is 2.42. The maximum Gasteiger partial charge on any atom is 0.0700 e. The van der Waals surface area contributed by atoms with Crippen LogP contribution in [-0.4, -0.2) is 25.8 Å². The van der Waals surface area contributed by atoms with Crippen LogP contribution in [0.5, 0.6) is 0 Å². The molecule has 1 saturated carbocycles. The predicted molar refractivity (Wildman–Crippen MR) is 60.7 cm³/mol. The Morgan fingerprint density at radius 3 is 2.87 bits per heavy atom. The Bertz CT molecular complexity index is 245. The summed E-state index contributed by atoms with van der Waals surface area (Å²) in [6.07, 6.45) is 10.7. The first kappa shape index (κ1) is 9.86. The third-order valence-corrected chi connectivity index (χ3v) is 4.22. The van der Waals surface area contributed by atoms with Crippen molar-refractivity contribution in [3.05, 3.63) is 12.2 Å². The van der Waals surface area contributed by atoms with E-state index < -0.39 is 0 Å². The van der Waals surface area contributed by atoms with E-state index in [9.17, 15) is 0 Å². The molecule has 84 valence electrons. The molecule has 2 aliphatic carbocycles. The fourth-order valence-corrected chi connectivity index (χ4v) is 3.36. The van der Waals surface area contributed by atoms with Crippen LogP contribution in [0.15, 0.2) is 12.2 Å². The van der Waals surface area contributed by atoms with Gasteiger partial charge in [-0.2, -0.15) is 0 Å². The highest BCUT2D eigenvalue weighted by Gasteiger charge is 2.35. The zero-order valence-corrected chi connectivity index (χ0v) is 9.32. The van der Waals surface area contributed by atoms with Crippen molar-refractivity contribution in [1.29, 1.82) is 0 Å². The van der Waals surface area contributed by atoms with Crippen molar-refractivity contribution in [2.75, 3.05) is 19.7 Å². The van der Waals surface area contributed by atoms with E-state index in [0.717, 1.165) is 30.9 Å². The molecule has 2 nitrogen and oxygen atoms in total. The predicted octanol–water partition coefficient (Wildman–Crippen LogP) is 1.97. The van der Waals surface area contributed by atoms with Crippen LogP contribution in [0, 0.1) is 17.8 Å². The largest absolute Gasteiger partial charge is 0.377 e. The summed E-state index contributed by atoms with van der Waals surface area (Å²) in [6, 6.07) is 0. The Balaban J connectivity index is 1.38. The molecule has 15 heavy (non-hydrogen) atoms. The lowest BCUT2D eigenvalue weighted by Gasteiger charge is -2.19. The van der Waals surface area contributed by atoms with Gasteiger partial charge in [-0.1, -0.05) is 12.2 Å². The second-order valence-electron chi connectivity index (χ2n) is 5.33. The zero-order valence-electron chi connectivity index (χ0n) is 9.32. The van der Waals surface area contributed by atoms with Gasteiger partial charge in [0.05, 0.1) is 6.10 Å². The molecule has 0 aromatic rings. The first-order chi connectivity index (χ1) is 7.42. The monoisotopic (exact) mass is 207 g/mol. The van der Waals surface area contributed by atoms with E-state index in [-0.39, 0.29) is 0 Å². The van der Waals surface area contributed by atoms with Gasteiger partial charge in [0.1, 0.15) is 0 Å². The number of ether oxygens (including phenoxy) is 1. The van der Waals surface area contributed by atoms with E-state index in [1.807, 2.05) is 0 Å². The van der Waals surface area contributed by atoms with Gasteiger partial charge in [0.15, 0.2) is 0 Å². The highest BCUT2D eigenvalue weighted by molar-refractivity contribution is 5.10. The second kappa shape index (κ2) is 4.26. The van der Waals surface area contributed by atoms with Crippen molar-refractivity contribution in [3.63, 3.8) is 0 Å². The molecule has 1 N–H and O–H groups in total. The molecule has 2 heteroatoms. The Morgan fingerprint density at radius 1 is 1.20 bits per heavy atom. The van der Waals surface area contributed by atoms with Crippen molar-refractivity contribution in [1.82, 2.24) is 5.32 Å². The second-order valence-corrected chi connectivity index (χ2v) is 5.33. The minimum atomic E-state index is 0.499. The van der Waals surface area contributed by atoms with Gasteiger partial charge in [-0.05, 0) is 50.0 Å². The summed E-state index contributed by atoms with van der Waals surface area (Å²) in [5.74, 6) is 2.69. The molecule has 4 atom stereocenters. The zero-order chi connectivity index (χ0) is 10.1. The normalized spacial score (nSPS) is 42.9. The highest BCUT2D eigenvalue weighted by atomic mass is 16.5. The number of nitrogens with one attached hydrogen (secondary N) is 1. The summed E-state index contributed by atoms with van der Waals surface area (Å²) in [6.45, 7) is 3.24. The summed E-state index contributed by atoms with van der Waals surface area (Å²) in [7, 11) is 0. The molecule has 0 aromatic heterocycles. The molecule has 3 rings (SSSR count). The van der Waals surface area contributed by atoms with Gasteiger partial charge in [0.25, 0.3) is 0 Å². The SMILES string of the molecule is C1=C[C@H]2C[C@H]1C[C@H]2CNC[C@@H]1CCCO1. The van der Waals surface area contributed by atoms with Crippen LogP contribution in [0.3, 0.4) is 0 Å². The van der Waals surface area contributed by atoms with Crippen molar-refractivity contribution >= 4 is 0 Å². The lowest BCUT2D eigenvalue weighted by atomic mass is 9.93. The Hall–Kier alpha value is -0.340. The van der Waals surface area contributed by atoms with E-state index in [1.54, 1.807) is 0 Å². The lowest BCUT2D eigenvalue weighted by Crippen LogP contribution is -2.31. The van der Waals surface area contributed by atoms with Gasteiger partial charge in [-0.15, -0.1) is 0 Å². The van der Waals surface area contributed by atoms with Crippen LogP contribution in [-0.2, 0) is 4.74 Å². The molecule has 0 spiro atoms. The molecule has 0 unspecified atom stereocenters. The molecule has 1 aliphatic heterocycles. The first-order valence-electron chi connectivity index (χ1n) is 6.42. The quantitative estimate of drug-likeness (QED) is 0.712. The number of hydrogen-bond donors (Lipinski definition) is 1. The van der Waals surface area contributed by atoms with Gasteiger partial charge in [0.2, 0.25) is 0 Å². The Morgan fingerprint density at radius 2 is 2.20 bits per heavy atom. The van der Waals surface area contributed by atoms with E-state index in [1.165, 1.54) is 32.2 Å². The lowest BCUT2D eigenvalue weighted by molar-refractivity contribution is 0.109. The van der Waals surface area contributed by atoms with E-state index in [2.05, 4.69) is 17.5 Å². The van der Waals surface area contributed by atoms with Crippen molar-refractivity contribution < 1.29 is 4.74 Å². The average Bonchev–Trinajstić information content (AvgIpc) is 2.93. The summed E-state index contributed by atoms with van der Waals surface area (Å²) < 4.78 is 5.60. The molecule has 2 bridgehead atoms. The smallest absolute Gasteiger partial charge is 0.0700 e. The summed E-state index contributed by atoms with van der Waals surface area (Å²) >= 11 is 0. The number of rotatable bonds is 4. The molecule has 1 heterocycles. The minimum Gasteiger partial charge on any atom is -0.377 e. The number of allylic oxidation sites excluding steroid dienone is 2. The van der Waals surface area contributed by atoms with E-state index >= 15 is 0 Å². The molecule has 2 fully saturated rings. The average molecular weight is 207 g/mol. The van der Waals surface area contributed by atoms with Crippen LogP contribution >= 0.6 is 0 Å². The third-order valence-electron chi connectivity index (χ3n) is 4.22. The Labute approximate surface area is 92.1 Å². The maximum absolute atomic E-state index is 5.60. The summed E-state index contributed by atoms with van der Waals surface area (Å²) in [4.78, 5) is 0. The molecule has 0 aromatic carbocycles. The molecular formula is C13H21NO. The van der Waals surface area contributed by atoms with E-state index in [4.69, 9.17) is 4.74 Å². The van der Waals surface area contributed by atoms with Gasteiger partial charge in [-0.3, -0.25) is 0 Å². The molecule has 1 saturated heterocycles. The maximum atomic E-state index is 5.60. The first-order valence-corrected chi connectivity index (χ1v) is 6.42. The van der Waals surface area contributed by atoms with Crippen LogP contribution in [0.4, 0.5) is 0 Å². The van der Waals surface area contributed by atoms with Crippen LogP contribution in [0.2, 0.25) is 0 Å². The topological polar surface area (TPSA) is 21.3 Å². The summed E-state index contributed by atoms with van der Waals surface area (Å²) in [5.41, 5.74) is 0. The van der Waals surface area contributed by atoms with Crippen LogP contribution in [0.1, 0.15) is 25.7 Å². The van der Waals surface area contributed by atoms with Gasteiger partial charge >= 0.3 is 0 Å². The van der Waals surface area contributed by atoms with Crippen molar-refractivity contribution in [2.24, 2.45) is 17.8 Å². The van der Waals surface area contributed by atoms with Gasteiger partial charge in [0, 0.05) is 13.2 Å². The minimum absolute atomic E-state index is 0.499. The fourth-order valence-electron chi connectivity index (χ4n) is 3.36. The van der Waals surface area contributed by atoms with Gasteiger partial charge < -0.3 is 10.1 Å². The molecule has 3 aliphatic rings. The fraction of sp³-hybridized carbons (Fsp3) is 0.846. The third kappa shape index (κ3) is 2.11. The standard InChI is InChI=1S/C13H21NO/c1-2-13(15-5-1)9-14-8-12-7-10-3-4-11(12)6-10/h3-4,10-14H,1-2,5-9H2/t10-,11-,12-,13-/m0/s1. The van der Waals surface area contributed by atoms with Crippen molar-refractivity contribution in [3.8, 4) is 0 Å². The molecular weight excluding hydrogens is 186 g/mol. The molecule has 0 radical (unpaired) electrons. The van der Waals surface area contributed by atoms with E-state index in [0.29, 0.717) is 6.10 Å². The number of hydrogen-bond acceptors (Lipinski definition) is 2. The summed E-state index contributed by atoms with van der Waals surface area (Å²) in [5, 5.41) is 3.60. The van der Waals surface area contributed by atoms with Crippen LogP contribution in [0.25, 0.3) is 0 Å². The van der Waals surface area contributed by atoms with Crippen LogP contribution < -0.4 is 5.32 Å². The number of fused-ring (bicyclic) bond motifs is 2. The molecule has 0 amide bonds. The Kier molecular flexibility index (Phi) is 2.80. The van der Waals surface area contributed by atoms with Crippen molar-refractivity contribution in [2.45, 2.75) is 31.8 Å². The van der Waals surface area contributed by atoms with Gasteiger partial charge in [-0.25, -0.2) is 0 Å².